The minimum Gasteiger partial charge on any atom is -0.370 e. The zero-order valence-corrected chi connectivity index (χ0v) is 14.7. The summed E-state index contributed by atoms with van der Waals surface area (Å²) in [5, 5.41) is 5.58. The molecule has 7 nitrogen and oxygen atoms in total. The van der Waals surface area contributed by atoms with E-state index in [1.54, 1.807) is 4.90 Å². The summed E-state index contributed by atoms with van der Waals surface area (Å²) in [7, 11) is 0. The van der Waals surface area contributed by atoms with E-state index in [-0.39, 0.29) is 23.9 Å². The van der Waals surface area contributed by atoms with Gasteiger partial charge in [0.25, 0.3) is 5.91 Å². The van der Waals surface area contributed by atoms with E-state index in [1.165, 1.54) is 5.56 Å². The molecule has 134 valence electrons. The molecule has 2 aliphatic heterocycles. The highest BCUT2D eigenvalue weighted by Gasteiger charge is 2.46. The number of urea groups is 1. The fourth-order valence-corrected chi connectivity index (χ4v) is 3.36. The predicted octanol–water partition coefficient (Wildman–Crippen LogP) is 1.30. The maximum atomic E-state index is 12.5. The van der Waals surface area contributed by atoms with Gasteiger partial charge < -0.3 is 16.0 Å². The van der Waals surface area contributed by atoms with Crippen LogP contribution < -0.4 is 16.4 Å². The Morgan fingerprint density at radius 2 is 2.00 bits per heavy atom. The van der Waals surface area contributed by atoms with Gasteiger partial charge in [-0.05, 0) is 37.3 Å². The lowest BCUT2D eigenvalue weighted by Gasteiger charge is -2.35. The monoisotopic (exact) mass is 343 g/mol. The molecule has 0 saturated carbocycles. The van der Waals surface area contributed by atoms with Crippen LogP contribution in [0.3, 0.4) is 0 Å². The number of nitrogens with one attached hydrogen (secondary N) is 2. The van der Waals surface area contributed by atoms with Gasteiger partial charge in [0.1, 0.15) is 5.54 Å². The number of nitrogens with zero attached hydrogens (tertiary/aromatic N) is 2. The number of rotatable bonds is 3. The maximum Gasteiger partial charge on any atom is 0.317 e. The van der Waals surface area contributed by atoms with Crippen molar-refractivity contribution < 1.29 is 9.59 Å². The van der Waals surface area contributed by atoms with Crippen LogP contribution in [-0.4, -0.2) is 41.4 Å². The number of hydrogen-bond donors (Lipinski definition) is 3. The highest BCUT2D eigenvalue weighted by molar-refractivity contribution is 6.06. The number of amides is 3. The van der Waals surface area contributed by atoms with E-state index >= 15 is 0 Å². The van der Waals surface area contributed by atoms with Gasteiger partial charge >= 0.3 is 6.03 Å². The quantitative estimate of drug-likeness (QED) is 0.771. The van der Waals surface area contributed by atoms with Gasteiger partial charge in [0.2, 0.25) is 0 Å². The van der Waals surface area contributed by atoms with Crippen molar-refractivity contribution in [3.63, 3.8) is 0 Å². The van der Waals surface area contributed by atoms with E-state index in [9.17, 15) is 9.59 Å². The first kappa shape index (κ1) is 17.3. The molecule has 1 fully saturated rings. The average Bonchev–Trinajstić information content (AvgIpc) is 2.88. The number of carbonyl (C=O) groups is 2. The second-order valence-corrected chi connectivity index (χ2v) is 6.74. The number of benzene rings is 1. The van der Waals surface area contributed by atoms with E-state index < -0.39 is 5.54 Å². The van der Waals surface area contributed by atoms with Crippen LogP contribution in [0.1, 0.15) is 43.9 Å². The lowest BCUT2D eigenvalue weighted by atomic mass is 9.88. The van der Waals surface area contributed by atoms with Gasteiger partial charge in [-0.1, -0.05) is 31.2 Å². The highest BCUT2D eigenvalue weighted by Crippen LogP contribution is 2.29. The predicted molar refractivity (Wildman–Crippen MR) is 96.1 cm³/mol. The molecule has 1 saturated heterocycles. The van der Waals surface area contributed by atoms with E-state index in [1.807, 2.05) is 6.92 Å². The van der Waals surface area contributed by atoms with Crippen LogP contribution >= 0.6 is 0 Å². The van der Waals surface area contributed by atoms with E-state index in [4.69, 9.17) is 5.73 Å². The summed E-state index contributed by atoms with van der Waals surface area (Å²) in [5.74, 6) is 0.0153. The molecule has 0 aromatic heterocycles. The summed E-state index contributed by atoms with van der Waals surface area (Å²) >= 11 is 0. The van der Waals surface area contributed by atoms with Crippen LogP contribution in [0.5, 0.6) is 0 Å². The molecule has 0 radical (unpaired) electrons. The van der Waals surface area contributed by atoms with Crippen molar-refractivity contribution in [1.29, 1.82) is 0 Å². The molecule has 2 aliphatic rings. The Labute approximate surface area is 147 Å². The first-order valence-electron chi connectivity index (χ1n) is 8.74. The highest BCUT2D eigenvalue weighted by atomic mass is 16.2. The number of guanidine groups is 1. The third-order valence-corrected chi connectivity index (χ3v) is 5.10. The number of hydrogen-bond acceptors (Lipinski definition) is 4. The molecule has 7 heteroatoms. The first-order valence-corrected chi connectivity index (χ1v) is 8.74. The van der Waals surface area contributed by atoms with Crippen LogP contribution in [0.4, 0.5) is 4.79 Å². The molecular weight excluding hydrogens is 318 g/mol. The summed E-state index contributed by atoms with van der Waals surface area (Å²) in [6.07, 6.45) is 1.98. The molecule has 1 atom stereocenters. The van der Waals surface area contributed by atoms with Crippen molar-refractivity contribution >= 4 is 17.9 Å². The molecule has 0 bridgehead atoms. The third kappa shape index (κ3) is 3.45. The molecule has 1 spiro atoms. The molecular formula is C18H25N5O2. The Balaban J connectivity index is 1.56. The molecule has 4 N–H and O–H groups in total. The smallest absolute Gasteiger partial charge is 0.317 e. The van der Waals surface area contributed by atoms with Crippen LogP contribution in [-0.2, 0) is 11.2 Å². The summed E-state index contributed by atoms with van der Waals surface area (Å²) in [6, 6.07) is 8.09. The lowest BCUT2D eigenvalue weighted by molar-refractivity contribution is -0.125. The van der Waals surface area contributed by atoms with Crippen molar-refractivity contribution in [2.45, 2.75) is 44.7 Å². The average molecular weight is 343 g/mol. The van der Waals surface area contributed by atoms with E-state index in [2.05, 4.69) is 46.8 Å². The zero-order chi connectivity index (χ0) is 18.0. The number of carbonyl (C=O) groups excluding carboxylic acids is 2. The number of nitrogens with two attached hydrogens (primary N) is 1. The summed E-state index contributed by atoms with van der Waals surface area (Å²) in [6.45, 7) is 5.06. The van der Waals surface area contributed by atoms with Gasteiger partial charge in [0.05, 0.1) is 6.04 Å². The zero-order valence-electron chi connectivity index (χ0n) is 14.7. The molecule has 0 aliphatic carbocycles. The Hall–Kier alpha value is -2.57. The van der Waals surface area contributed by atoms with Crippen molar-refractivity contribution in [3.8, 4) is 0 Å². The molecule has 2 heterocycles. The van der Waals surface area contributed by atoms with Crippen LogP contribution in [0, 0.1) is 0 Å². The van der Waals surface area contributed by atoms with E-state index in [0.717, 1.165) is 12.0 Å². The number of likely N-dealkylation sites (tertiary alicyclic amines) is 1. The fraction of sp³-hybridized carbons (Fsp3) is 0.500. The standard InChI is InChI=1S/C18H25N5O2/c1-3-13-4-6-14(7-5-13)12(2)20-17(25)23-10-8-18(9-11-23)15(24)21-16(19)22-18/h4-7,12H,3,8-11H2,1-2H3,(H,20,25)(H3,19,21,22,24). The normalized spacial score (nSPS) is 20.2. The molecule has 1 aromatic carbocycles. The Morgan fingerprint density at radius 3 is 2.52 bits per heavy atom. The van der Waals surface area contributed by atoms with Gasteiger partial charge in [-0.25, -0.2) is 9.79 Å². The summed E-state index contributed by atoms with van der Waals surface area (Å²) in [4.78, 5) is 30.5. The van der Waals surface area contributed by atoms with Crippen molar-refractivity contribution in [3.05, 3.63) is 35.4 Å². The van der Waals surface area contributed by atoms with Crippen LogP contribution in [0.2, 0.25) is 0 Å². The number of piperidine rings is 1. The van der Waals surface area contributed by atoms with Crippen LogP contribution in [0.15, 0.2) is 29.3 Å². The molecule has 25 heavy (non-hydrogen) atoms. The van der Waals surface area contributed by atoms with Crippen molar-refractivity contribution in [2.75, 3.05) is 13.1 Å². The molecule has 1 unspecified atom stereocenters. The molecule has 1 aromatic rings. The molecule has 3 rings (SSSR count). The Morgan fingerprint density at radius 1 is 1.36 bits per heavy atom. The second kappa shape index (κ2) is 6.74. The van der Waals surface area contributed by atoms with Gasteiger partial charge in [-0.2, -0.15) is 0 Å². The largest absolute Gasteiger partial charge is 0.370 e. The minimum atomic E-state index is -0.789. The summed E-state index contributed by atoms with van der Waals surface area (Å²) < 4.78 is 0. The van der Waals surface area contributed by atoms with E-state index in [0.29, 0.717) is 25.9 Å². The number of aliphatic imine (C=N–C) groups is 1. The fourth-order valence-electron chi connectivity index (χ4n) is 3.36. The maximum absolute atomic E-state index is 12.5. The third-order valence-electron chi connectivity index (χ3n) is 5.10. The first-order chi connectivity index (χ1) is 11.9. The molecule has 3 amide bonds. The van der Waals surface area contributed by atoms with Gasteiger partial charge in [-0.3, -0.25) is 10.1 Å². The van der Waals surface area contributed by atoms with Crippen molar-refractivity contribution in [2.24, 2.45) is 10.7 Å². The lowest BCUT2D eigenvalue weighted by Crippen LogP contribution is -2.52. The Bertz CT molecular complexity index is 690. The SMILES string of the molecule is CCc1ccc(C(C)NC(=O)N2CCC3(CC2)N=C(N)NC3=O)cc1. The topological polar surface area (TPSA) is 99.8 Å². The summed E-state index contributed by atoms with van der Waals surface area (Å²) in [5.41, 5.74) is 7.16. The van der Waals surface area contributed by atoms with Crippen LogP contribution in [0.25, 0.3) is 0 Å². The second-order valence-electron chi connectivity index (χ2n) is 6.74. The van der Waals surface area contributed by atoms with Gasteiger partial charge in [-0.15, -0.1) is 0 Å². The van der Waals surface area contributed by atoms with Crippen molar-refractivity contribution in [1.82, 2.24) is 15.5 Å². The van der Waals surface area contributed by atoms with Gasteiger partial charge in [0.15, 0.2) is 5.96 Å². The minimum absolute atomic E-state index is 0.0715. The van der Waals surface area contributed by atoms with Gasteiger partial charge in [0, 0.05) is 13.1 Å². The Kier molecular flexibility index (Phi) is 4.65. The number of aryl methyl sites for hydroxylation is 1.